The number of ether oxygens (including phenoxy) is 1. The molecule has 0 N–H and O–H groups in total. The van der Waals surface area contributed by atoms with Crippen molar-refractivity contribution < 1.29 is 4.74 Å². The first-order valence-electron chi connectivity index (χ1n) is 7.27. The van der Waals surface area contributed by atoms with E-state index in [0.717, 1.165) is 32.0 Å². The molecule has 0 saturated carbocycles. The van der Waals surface area contributed by atoms with Crippen LogP contribution in [0.4, 0.5) is 5.69 Å². The van der Waals surface area contributed by atoms with Gasteiger partial charge in [0.2, 0.25) is 0 Å². The van der Waals surface area contributed by atoms with Crippen LogP contribution in [0.3, 0.4) is 0 Å². The van der Waals surface area contributed by atoms with Crippen LogP contribution in [0.5, 0.6) is 0 Å². The molecule has 0 radical (unpaired) electrons. The van der Waals surface area contributed by atoms with Crippen LogP contribution in [-0.2, 0) is 4.74 Å². The fourth-order valence-corrected chi connectivity index (χ4v) is 2.85. The molecule has 1 fully saturated rings. The fourth-order valence-electron chi connectivity index (χ4n) is 2.85. The summed E-state index contributed by atoms with van der Waals surface area (Å²) in [5.74, 6) is 0. The van der Waals surface area contributed by atoms with Gasteiger partial charge in [0, 0.05) is 31.2 Å². The maximum Gasteiger partial charge on any atom is 0.137 e. The van der Waals surface area contributed by atoms with Gasteiger partial charge in [-0.3, -0.25) is 4.40 Å². The van der Waals surface area contributed by atoms with Gasteiger partial charge in [0.15, 0.2) is 0 Å². The minimum atomic E-state index is 0.816. The Bertz CT molecular complexity index is 742. The van der Waals surface area contributed by atoms with Gasteiger partial charge >= 0.3 is 0 Å². The SMILES string of the molecule is c1cc(-c2ccc(N3CCOCC3)cc2)n2ccnc2c1. The number of imidazole rings is 1. The minimum absolute atomic E-state index is 0.816. The number of nitrogens with zero attached hydrogens (tertiary/aromatic N) is 3. The van der Waals surface area contributed by atoms with Crippen molar-refractivity contribution in [2.24, 2.45) is 0 Å². The zero-order valence-corrected chi connectivity index (χ0v) is 11.8. The van der Waals surface area contributed by atoms with Crippen LogP contribution < -0.4 is 4.90 Å². The number of fused-ring (bicyclic) bond motifs is 1. The molecule has 1 aliphatic rings. The normalized spacial score (nSPS) is 15.5. The van der Waals surface area contributed by atoms with Crippen molar-refractivity contribution in [3.63, 3.8) is 0 Å². The highest BCUT2D eigenvalue weighted by atomic mass is 16.5. The summed E-state index contributed by atoms with van der Waals surface area (Å²) in [7, 11) is 0. The molecule has 106 valence electrons. The lowest BCUT2D eigenvalue weighted by Gasteiger charge is -2.28. The second kappa shape index (κ2) is 5.22. The van der Waals surface area contributed by atoms with E-state index >= 15 is 0 Å². The molecule has 3 aromatic rings. The Balaban J connectivity index is 1.68. The summed E-state index contributed by atoms with van der Waals surface area (Å²) >= 11 is 0. The molecule has 4 rings (SSSR count). The van der Waals surface area contributed by atoms with E-state index in [1.54, 1.807) is 0 Å². The van der Waals surface area contributed by atoms with E-state index < -0.39 is 0 Å². The van der Waals surface area contributed by atoms with Crippen LogP contribution in [0.1, 0.15) is 0 Å². The molecule has 21 heavy (non-hydrogen) atoms. The molecule has 2 aromatic heterocycles. The predicted octanol–water partition coefficient (Wildman–Crippen LogP) is 2.84. The van der Waals surface area contributed by atoms with Gasteiger partial charge in [0.1, 0.15) is 5.65 Å². The van der Waals surface area contributed by atoms with E-state index in [4.69, 9.17) is 4.74 Å². The van der Waals surface area contributed by atoms with Crippen molar-refractivity contribution in [1.82, 2.24) is 9.38 Å². The number of hydrogen-bond acceptors (Lipinski definition) is 3. The molecule has 4 nitrogen and oxygen atoms in total. The van der Waals surface area contributed by atoms with Crippen molar-refractivity contribution in [1.29, 1.82) is 0 Å². The van der Waals surface area contributed by atoms with Crippen LogP contribution in [-0.4, -0.2) is 35.7 Å². The number of hydrogen-bond donors (Lipinski definition) is 0. The van der Waals surface area contributed by atoms with Gasteiger partial charge < -0.3 is 9.64 Å². The number of morpholine rings is 1. The van der Waals surface area contributed by atoms with Crippen molar-refractivity contribution in [2.45, 2.75) is 0 Å². The predicted molar refractivity (Wildman–Crippen MR) is 83.7 cm³/mol. The van der Waals surface area contributed by atoms with E-state index in [0.29, 0.717) is 0 Å². The standard InChI is InChI=1S/C17H17N3O/c1-2-16(20-9-8-18-17(20)3-1)14-4-6-15(7-5-14)19-10-12-21-13-11-19/h1-9H,10-13H2. The van der Waals surface area contributed by atoms with Crippen molar-refractivity contribution in [3.8, 4) is 11.3 Å². The zero-order chi connectivity index (χ0) is 14.1. The molecule has 1 aliphatic heterocycles. The Morgan fingerprint density at radius 1 is 0.952 bits per heavy atom. The van der Waals surface area contributed by atoms with Crippen LogP contribution in [0.25, 0.3) is 16.9 Å². The van der Waals surface area contributed by atoms with Gasteiger partial charge in [-0.05, 0) is 29.8 Å². The average Bonchev–Trinajstić information content (AvgIpc) is 3.04. The number of anilines is 1. The maximum atomic E-state index is 5.40. The maximum absolute atomic E-state index is 5.40. The third kappa shape index (κ3) is 2.28. The zero-order valence-electron chi connectivity index (χ0n) is 11.8. The van der Waals surface area contributed by atoms with E-state index in [-0.39, 0.29) is 0 Å². The lowest BCUT2D eigenvalue weighted by Crippen LogP contribution is -2.36. The molecule has 0 spiro atoms. The summed E-state index contributed by atoms with van der Waals surface area (Å²) < 4.78 is 7.52. The van der Waals surface area contributed by atoms with Crippen LogP contribution in [0, 0.1) is 0 Å². The topological polar surface area (TPSA) is 29.8 Å². The van der Waals surface area contributed by atoms with Gasteiger partial charge in [0.25, 0.3) is 0 Å². The number of rotatable bonds is 2. The molecule has 0 aliphatic carbocycles. The van der Waals surface area contributed by atoms with Crippen molar-refractivity contribution in [2.75, 3.05) is 31.2 Å². The molecule has 1 aromatic carbocycles. The van der Waals surface area contributed by atoms with Crippen LogP contribution in [0.2, 0.25) is 0 Å². The monoisotopic (exact) mass is 279 g/mol. The largest absolute Gasteiger partial charge is 0.378 e. The lowest BCUT2D eigenvalue weighted by atomic mass is 10.1. The van der Waals surface area contributed by atoms with Crippen molar-refractivity contribution >= 4 is 11.3 Å². The quantitative estimate of drug-likeness (QED) is 0.722. The van der Waals surface area contributed by atoms with Gasteiger partial charge in [-0.2, -0.15) is 0 Å². The Morgan fingerprint density at radius 2 is 1.76 bits per heavy atom. The third-order valence-electron chi connectivity index (χ3n) is 3.97. The molecular weight excluding hydrogens is 262 g/mol. The minimum Gasteiger partial charge on any atom is -0.378 e. The highest BCUT2D eigenvalue weighted by molar-refractivity contribution is 5.66. The highest BCUT2D eigenvalue weighted by Gasteiger charge is 2.11. The highest BCUT2D eigenvalue weighted by Crippen LogP contribution is 2.24. The molecule has 3 heterocycles. The molecule has 1 saturated heterocycles. The summed E-state index contributed by atoms with van der Waals surface area (Å²) in [5, 5.41) is 0. The Labute approximate surface area is 123 Å². The fraction of sp³-hybridized carbons (Fsp3) is 0.235. The van der Waals surface area contributed by atoms with Crippen LogP contribution in [0.15, 0.2) is 54.9 Å². The van der Waals surface area contributed by atoms with Gasteiger partial charge in [-0.25, -0.2) is 4.98 Å². The number of pyridine rings is 1. The van der Waals surface area contributed by atoms with Crippen molar-refractivity contribution in [3.05, 3.63) is 54.9 Å². The molecule has 0 bridgehead atoms. The third-order valence-corrected chi connectivity index (χ3v) is 3.97. The van der Waals surface area contributed by atoms with E-state index in [2.05, 4.69) is 44.6 Å². The molecule has 0 amide bonds. The summed E-state index contributed by atoms with van der Waals surface area (Å²) in [6, 6.07) is 14.9. The van der Waals surface area contributed by atoms with E-state index in [1.807, 2.05) is 24.5 Å². The molecule has 0 unspecified atom stereocenters. The first kappa shape index (κ1) is 12.4. The van der Waals surface area contributed by atoms with E-state index in [1.165, 1.54) is 16.9 Å². The smallest absolute Gasteiger partial charge is 0.137 e. The molecule has 4 heteroatoms. The lowest BCUT2D eigenvalue weighted by molar-refractivity contribution is 0.122. The first-order valence-corrected chi connectivity index (χ1v) is 7.27. The summed E-state index contributed by atoms with van der Waals surface area (Å²) in [6.45, 7) is 3.57. The second-order valence-corrected chi connectivity index (χ2v) is 5.21. The van der Waals surface area contributed by atoms with Gasteiger partial charge in [-0.1, -0.05) is 18.2 Å². The van der Waals surface area contributed by atoms with Crippen LogP contribution >= 0.6 is 0 Å². The van der Waals surface area contributed by atoms with E-state index in [9.17, 15) is 0 Å². The Morgan fingerprint density at radius 3 is 2.57 bits per heavy atom. The molecular formula is C17H17N3O. The Kier molecular flexibility index (Phi) is 3.09. The Hall–Kier alpha value is -2.33. The summed E-state index contributed by atoms with van der Waals surface area (Å²) in [4.78, 5) is 6.70. The first-order chi connectivity index (χ1) is 10.4. The second-order valence-electron chi connectivity index (χ2n) is 5.21. The van der Waals surface area contributed by atoms with Gasteiger partial charge in [-0.15, -0.1) is 0 Å². The molecule has 0 atom stereocenters. The summed E-state index contributed by atoms with van der Waals surface area (Å²) in [6.07, 6.45) is 3.83. The number of benzene rings is 1. The van der Waals surface area contributed by atoms with Gasteiger partial charge in [0.05, 0.1) is 18.9 Å². The summed E-state index contributed by atoms with van der Waals surface area (Å²) in [5.41, 5.74) is 4.61. The average molecular weight is 279 g/mol. The number of aromatic nitrogens is 2.